The third-order valence-electron chi connectivity index (χ3n) is 3.43. The quantitative estimate of drug-likeness (QED) is 0.796. The molecule has 4 nitrogen and oxygen atoms in total. The Morgan fingerprint density at radius 2 is 2.47 bits per heavy atom. The van der Waals surface area contributed by atoms with E-state index in [-0.39, 0.29) is 17.3 Å². The standard InChI is InChI=1S/C13H18N2O2/c1-3-17-12(16)10-8-14-9-13(10,2)11-6-4-5-7-15-11/h4-7,10,14H,3,8-9H2,1-2H3/t10-,13+/m1/s1. The molecule has 0 spiro atoms. The van der Waals surface area contributed by atoms with Crippen molar-refractivity contribution >= 4 is 5.97 Å². The van der Waals surface area contributed by atoms with Crippen LogP contribution in [0, 0.1) is 5.92 Å². The number of carbonyl (C=O) groups excluding carboxylic acids is 1. The van der Waals surface area contributed by atoms with Gasteiger partial charge in [0.1, 0.15) is 0 Å². The van der Waals surface area contributed by atoms with Gasteiger partial charge >= 0.3 is 5.97 Å². The van der Waals surface area contributed by atoms with E-state index in [4.69, 9.17) is 4.74 Å². The van der Waals surface area contributed by atoms with Crippen molar-refractivity contribution in [3.05, 3.63) is 30.1 Å². The Balaban J connectivity index is 2.26. The van der Waals surface area contributed by atoms with Crippen molar-refractivity contribution in [3.63, 3.8) is 0 Å². The smallest absolute Gasteiger partial charge is 0.311 e. The molecule has 2 heterocycles. The van der Waals surface area contributed by atoms with E-state index in [1.165, 1.54) is 0 Å². The van der Waals surface area contributed by atoms with Crippen molar-refractivity contribution < 1.29 is 9.53 Å². The average Bonchev–Trinajstić information content (AvgIpc) is 2.74. The van der Waals surface area contributed by atoms with Gasteiger partial charge in [0, 0.05) is 30.4 Å². The van der Waals surface area contributed by atoms with Crippen LogP contribution in [0.15, 0.2) is 24.4 Å². The first-order chi connectivity index (χ1) is 8.18. The molecule has 1 aliphatic rings. The Bertz CT molecular complexity index is 394. The molecule has 1 aromatic heterocycles. The summed E-state index contributed by atoms with van der Waals surface area (Å²) in [5, 5.41) is 3.26. The Kier molecular flexibility index (Phi) is 3.43. The van der Waals surface area contributed by atoms with Crippen LogP contribution in [0.1, 0.15) is 19.5 Å². The summed E-state index contributed by atoms with van der Waals surface area (Å²) in [5.74, 6) is -0.289. The van der Waals surface area contributed by atoms with Gasteiger partial charge in [-0.05, 0) is 19.1 Å². The number of nitrogens with one attached hydrogen (secondary N) is 1. The molecule has 17 heavy (non-hydrogen) atoms. The predicted octanol–water partition coefficient (Wildman–Crippen LogP) is 1.12. The van der Waals surface area contributed by atoms with E-state index in [1.54, 1.807) is 6.20 Å². The molecule has 1 aliphatic heterocycles. The Labute approximate surface area is 101 Å². The van der Waals surface area contributed by atoms with Crippen LogP contribution in [-0.4, -0.2) is 30.6 Å². The van der Waals surface area contributed by atoms with Crippen molar-refractivity contribution in [2.45, 2.75) is 19.3 Å². The van der Waals surface area contributed by atoms with E-state index in [2.05, 4.69) is 17.2 Å². The number of esters is 1. The second kappa shape index (κ2) is 4.84. The van der Waals surface area contributed by atoms with E-state index < -0.39 is 0 Å². The highest BCUT2D eigenvalue weighted by Crippen LogP contribution is 2.34. The largest absolute Gasteiger partial charge is 0.466 e. The fraction of sp³-hybridized carbons (Fsp3) is 0.538. The summed E-state index contributed by atoms with van der Waals surface area (Å²) in [7, 11) is 0. The summed E-state index contributed by atoms with van der Waals surface area (Å²) in [6, 6.07) is 5.81. The molecule has 2 atom stereocenters. The van der Waals surface area contributed by atoms with Crippen LogP contribution in [0.5, 0.6) is 0 Å². The fourth-order valence-electron chi connectivity index (χ4n) is 2.38. The third-order valence-corrected chi connectivity index (χ3v) is 3.43. The van der Waals surface area contributed by atoms with Crippen molar-refractivity contribution in [1.29, 1.82) is 0 Å². The molecule has 0 bridgehead atoms. The molecule has 0 aliphatic carbocycles. The highest BCUT2D eigenvalue weighted by atomic mass is 16.5. The van der Waals surface area contributed by atoms with Gasteiger partial charge in [0.15, 0.2) is 0 Å². The normalized spacial score (nSPS) is 28.0. The molecular formula is C13H18N2O2. The third kappa shape index (κ3) is 2.17. The van der Waals surface area contributed by atoms with Crippen LogP contribution in [0.25, 0.3) is 0 Å². The number of nitrogens with zero attached hydrogens (tertiary/aromatic N) is 1. The zero-order chi connectivity index (χ0) is 12.3. The summed E-state index contributed by atoms with van der Waals surface area (Å²) in [6.07, 6.45) is 1.76. The Hall–Kier alpha value is -1.42. The molecule has 0 unspecified atom stereocenters. The summed E-state index contributed by atoms with van der Waals surface area (Å²) < 4.78 is 5.14. The van der Waals surface area contributed by atoms with Gasteiger partial charge in [-0.25, -0.2) is 0 Å². The van der Waals surface area contributed by atoms with Gasteiger partial charge in [-0.2, -0.15) is 0 Å². The van der Waals surface area contributed by atoms with Gasteiger partial charge in [0.2, 0.25) is 0 Å². The van der Waals surface area contributed by atoms with Crippen molar-refractivity contribution in [2.24, 2.45) is 5.92 Å². The summed E-state index contributed by atoms with van der Waals surface area (Å²) in [5.41, 5.74) is 0.677. The lowest BCUT2D eigenvalue weighted by Gasteiger charge is -2.28. The lowest BCUT2D eigenvalue weighted by molar-refractivity contribution is -0.149. The van der Waals surface area contributed by atoms with Crippen molar-refractivity contribution in [3.8, 4) is 0 Å². The Morgan fingerprint density at radius 3 is 3.12 bits per heavy atom. The molecule has 2 rings (SSSR count). The number of hydrogen-bond donors (Lipinski definition) is 1. The van der Waals surface area contributed by atoms with E-state index >= 15 is 0 Å². The number of rotatable bonds is 3. The molecule has 0 saturated carbocycles. The number of aromatic nitrogens is 1. The second-order valence-corrected chi connectivity index (χ2v) is 4.57. The molecule has 92 valence electrons. The SMILES string of the molecule is CCOC(=O)[C@H]1CNC[C@]1(C)c1ccccn1. The summed E-state index contributed by atoms with van der Waals surface area (Å²) in [6.45, 7) is 5.74. The molecule has 1 N–H and O–H groups in total. The molecule has 0 aromatic carbocycles. The van der Waals surface area contributed by atoms with Crippen molar-refractivity contribution in [1.82, 2.24) is 10.3 Å². The molecule has 4 heteroatoms. The van der Waals surface area contributed by atoms with Gasteiger partial charge in [0.05, 0.1) is 12.5 Å². The van der Waals surface area contributed by atoms with Gasteiger partial charge in [-0.1, -0.05) is 13.0 Å². The maximum absolute atomic E-state index is 11.9. The van der Waals surface area contributed by atoms with Gasteiger partial charge in [-0.3, -0.25) is 9.78 Å². The van der Waals surface area contributed by atoms with E-state index in [9.17, 15) is 4.79 Å². The molecule has 1 aromatic rings. The minimum absolute atomic E-state index is 0.134. The zero-order valence-electron chi connectivity index (χ0n) is 10.3. The van der Waals surface area contributed by atoms with E-state index in [1.807, 2.05) is 25.1 Å². The minimum Gasteiger partial charge on any atom is -0.466 e. The molecule has 0 amide bonds. The highest BCUT2D eigenvalue weighted by Gasteiger charge is 2.46. The lowest BCUT2D eigenvalue weighted by Crippen LogP contribution is -2.38. The molecular weight excluding hydrogens is 216 g/mol. The van der Waals surface area contributed by atoms with Crippen LogP contribution < -0.4 is 5.32 Å². The van der Waals surface area contributed by atoms with Crippen LogP contribution in [-0.2, 0) is 14.9 Å². The van der Waals surface area contributed by atoms with Gasteiger partial charge < -0.3 is 10.1 Å². The topological polar surface area (TPSA) is 51.2 Å². The van der Waals surface area contributed by atoms with Crippen LogP contribution in [0.4, 0.5) is 0 Å². The summed E-state index contributed by atoms with van der Waals surface area (Å²) >= 11 is 0. The number of hydrogen-bond acceptors (Lipinski definition) is 4. The number of carbonyl (C=O) groups is 1. The molecule has 0 radical (unpaired) electrons. The maximum Gasteiger partial charge on any atom is 0.311 e. The highest BCUT2D eigenvalue weighted by molar-refractivity contribution is 5.75. The van der Waals surface area contributed by atoms with Gasteiger partial charge in [0.25, 0.3) is 0 Å². The zero-order valence-corrected chi connectivity index (χ0v) is 10.3. The fourth-order valence-corrected chi connectivity index (χ4v) is 2.38. The van der Waals surface area contributed by atoms with E-state index in [0.29, 0.717) is 13.2 Å². The monoisotopic (exact) mass is 234 g/mol. The predicted molar refractivity (Wildman–Crippen MR) is 64.6 cm³/mol. The van der Waals surface area contributed by atoms with Crippen LogP contribution >= 0.6 is 0 Å². The lowest BCUT2D eigenvalue weighted by atomic mass is 9.77. The van der Waals surface area contributed by atoms with E-state index in [0.717, 1.165) is 12.2 Å². The van der Waals surface area contributed by atoms with Crippen LogP contribution in [0.2, 0.25) is 0 Å². The minimum atomic E-state index is -0.270. The van der Waals surface area contributed by atoms with Crippen LogP contribution in [0.3, 0.4) is 0 Å². The average molecular weight is 234 g/mol. The summed E-state index contributed by atoms with van der Waals surface area (Å²) in [4.78, 5) is 16.3. The number of ether oxygens (including phenoxy) is 1. The maximum atomic E-state index is 11.9. The second-order valence-electron chi connectivity index (χ2n) is 4.57. The molecule has 1 saturated heterocycles. The first-order valence-electron chi connectivity index (χ1n) is 5.97. The molecule has 1 fully saturated rings. The first-order valence-corrected chi connectivity index (χ1v) is 5.97. The Morgan fingerprint density at radius 1 is 1.65 bits per heavy atom. The first kappa shape index (κ1) is 12.0. The number of pyridine rings is 1. The van der Waals surface area contributed by atoms with Gasteiger partial charge in [-0.15, -0.1) is 0 Å². The van der Waals surface area contributed by atoms with Crippen molar-refractivity contribution in [2.75, 3.05) is 19.7 Å².